The molecule has 0 aliphatic carbocycles. The predicted molar refractivity (Wildman–Crippen MR) is 66.8 cm³/mol. The third-order valence-electron chi connectivity index (χ3n) is 2.18. The number of rotatable bonds is 2. The van der Waals surface area contributed by atoms with Gasteiger partial charge in [0.2, 0.25) is 0 Å². The first-order valence-electron chi connectivity index (χ1n) is 5.06. The van der Waals surface area contributed by atoms with Crippen LogP contribution in [0.15, 0.2) is 29.2 Å². The molecule has 2 aromatic heterocycles. The molecular weight excluding hydrogens is 256 g/mol. The average molecular weight is 265 g/mol. The lowest BCUT2D eigenvalue weighted by Crippen LogP contribution is -2.22. The van der Waals surface area contributed by atoms with Crippen LogP contribution < -0.4 is 10.7 Å². The number of aryl methyl sites for hydroxylation is 1. The largest absolute Gasteiger partial charge is 0.364 e. The van der Waals surface area contributed by atoms with Gasteiger partial charge in [0.1, 0.15) is 5.56 Å². The molecule has 0 unspecified atom stereocenters. The van der Waals surface area contributed by atoms with Gasteiger partial charge in [0, 0.05) is 18.0 Å². The number of anilines is 1. The van der Waals surface area contributed by atoms with Gasteiger partial charge in [-0.1, -0.05) is 11.6 Å². The standard InChI is InChI=1S/C11H9ClN4O2/c1-6-4-8(17)7(5-13-6)11(18)14-10-3-2-9(12)15-16-10/h2-5H,1H3,(H,13,17)(H,14,16,18). The number of amides is 1. The van der Waals surface area contributed by atoms with E-state index < -0.39 is 5.91 Å². The molecule has 0 radical (unpaired) electrons. The number of aromatic amines is 1. The zero-order chi connectivity index (χ0) is 13.1. The molecule has 0 aliphatic heterocycles. The molecule has 1 amide bonds. The van der Waals surface area contributed by atoms with Gasteiger partial charge in [-0.3, -0.25) is 9.59 Å². The Morgan fingerprint density at radius 2 is 2.17 bits per heavy atom. The number of carbonyl (C=O) groups is 1. The first-order chi connectivity index (χ1) is 8.56. The van der Waals surface area contributed by atoms with Gasteiger partial charge in [0.25, 0.3) is 5.91 Å². The second-order valence-corrected chi connectivity index (χ2v) is 3.98. The molecule has 7 heteroatoms. The number of nitrogens with zero attached hydrogens (tertiary/aromatic N) is 2. The van der Waals surface area contributed by atoms with E-state index in [0.29, 0.717) is 5.69 Å². The molecule has 2 N–H and O–H groups in total. The highest BCUT2D eigenvalue weighted by Gasteiger charge is 2.11. The predicted octanol–water partition coefficient (Wildman–Crippen LogP) is 1.38. The van der Waals surface area contributed by atoms with Gasteiger partial charge in [-0.25, -0.2) is 0 Å². The van der Waals surface area contributed by atoms with E-state index in [-0.39, 0.29) is 22.0 Å². The number of aromatic nitrogens is 3. The van der Waals surface area contributed by atoms with Crippen LogP contribution in [0.2, 0.25) is 5.15 Å². The Hall–Kier alpha value is -2.21. The Labute approximate surface area is 107 Å². The third-order valence-corrected chi connectivity index (χ3v) is 2.38. The minimum absolute atomic E-state index is 0.0114. The van der Waals surface area contributed by atoms with Crippen LogP contribution in [0, 0.1) is 6.92 Å². The maximum Gasteiger partial charge on any atom is 0.262 e. The van der Waals surface area contributed by atoms with Crippen LogP contribution in [0.4, 0.5) is 5.82 Å². The summed E-state index contributed by atoms with van der Waals surface area (Å²) in [5.41, 5.74) is 0.339. The molecule has 0 aliphatic rings. The summed E-state index contributed by atoms with van der Waals surface area (Å²) in [6.07, 6.45) is 1.36. The van der Waals surface area contributed by atoms with E-state index in [9.17, 15) is 9.59 Å². The van der Waals surface area contributed by atoms with E-state index >= 15 is 0 Å². The van der Waals surface area contributed by atoms with Crippen LogP contribution in [0.3, 0.4) is 0 Å². The van der Waals surface area contributed by atoms with Gasteiger partial charge in [-0.05, 0) is 19.1 Å². The molecule has 0 spiro atoms. The highest BCUT2D eigenvalue weighted by molar-refractivity contribution is 6.29. The van der Waals surface area contributed by atoms with Gasteiger partial charge in [0.05, 0.1) is 0 Å². The monoisotopic (exact) mass is 264 g/mol. The minimum atomic E-state index is -0.548. The van der Waals surface area contributed by atoms with Crippen LogP contribution in [0.25, 0.3) is 0 Å². The Kier molecular flexibility index (Phi) is 3.38. The van der Waals surface area contributed by atoms with Crippen LogP contribution in [-0.4, -0.2) is 21.1 Å². The fourth-order valence-electron chi connectivity index (χ4n) is 1.32. The van der Waals surface area contributed by atoms with Crippen molar-refractivity contribution in [2.75, 3.05) is 5.32 Å². The lowest BCUT2D eigenvalue weighted by Gasteiger charge is -2.03. The summed E-state index contributed by atoms with van der Waals surface area (Å²) in [5.74, 6) is -0.322. The summed E-state index contributed by atoms with van der Waals surface area (Å²) in [6.45, 7) is 1.73. The number of carbonyl (C=O) groups excluding carboxylic acids is 1. The van der Waals surface area contributed by atoms with E-state index in [2.05, 4.69) is 20.5 Å². The Morgan fingerprint density at radius 1 is 1.39 bits per heavy atom. The van der Waals surface area contributed by atoms with Crippen LogP contribution in [0.1, 0.15) is 16.1 Å². The minimum Gasteiger partial charge on any atom is -0.364 e. The van der Waals surface area contributed by atoms with E-state index in [1.54, 1.807) is 6.92 Å². The van der Waals surface area contributed by atoms with E-state index in [4.69, 9.17) is 11.6 Å². The number of hydrogen-bond donors (Lipinski definition) is 2. The fraction of sp³-hybridized carbons (Fsp3) is 0.0909. The van der Waals surface area contributed by atoms with Crippen LogP contribution in [0.5, 0.6) is 0 Å². The van der Waals surface area contributed by atoms with Crippen molar-refractivity contribution in [1.29, 1.82) is 0 Å². The highest BCUT2D eigenvalue weighted by atomic mass is 35.5. The summed E-state index contributed by atoms with van der Waals surface area (Å²) in [4.78, 5) is 26.2. The number of H-pyrrole nitrogens is 1. The molecule has 0 saturated carbocycles. The molecule has 92 valence electrons. The smallest absolute Gasteiger partial charge is 0.262 e. The summed E-state index contributed by atoms with van der Waals surface area (Å²) in [5, 5.41) is 9.92. The van der Waals surface area contributed by atoms with Gasteiger partial charge in [-0.15, -0.1) is 10.2 Å². The number of hydrogen-bond acceptors (Lipinski definition) is 4. The summed E-state index contributed by atoms with van der Waals surface area (Å²) in [7, 11) is 0. The second-order valence-electron chi connectivity index (χ2n) is 3.59. The molecule has 2 aromatic rings. The first-order valence-corrected chi connectivity index (χ1v) is 5.44. The second kappa shape index (κ2) is 4.97. The van der Waals surface area contributed by atoms with Crippen molar-refractivity contribution < 1.29 is 4.79 Å². The molecule has 0 atom stereocenters. The molecule has 18 heavy (non-hydrogen) atoms. The molecule has 2 heterocycles. The molecule has 0 aromatic carbocycles. The number of pyridine rings is 1. The summed E-state index contributed by atoms with van der Waals surface area (Å²) < 4.78 is 0. The maximum absolute atomic E-state index is 11.8. The Bertz CT molecular complexity index is 636. The highest BCUT2D eigenvalue weighted by Crippen LogP contribution is 2.07. The van der Waals surface area contributed by atoms with Crippen molar-refractivity contribution in [3.05, 3.63) is 51.0 Å². The summed E-state index contributed by atoms with van der Waals surface area (Å²) >= 11 is 5.57. The molecule has 0 bridgehead atoms. The maximum atomic E-state index is 11.8. The quantitative estimate of drug-likeness (QED) is 0.858. The van der Waals surface area contributed by atoms with E-state index in [0.717, 1.165) is 0 Å². The van der Waals surface area contributed by atoms with Crippen LogP contribution in [-0.2, 0) is 0 Å². The first kappa shape index (κ1) is 12.3. The van der Waals surface area contributed by atoms with Crippen molar-refractivity contribution >= 4 is 23.3 Å². The topological polar surface area (TPSA) is 87.7 Å². The number of nitrogens with one attached hydrogen (secondary N) is 2. The zero-order valence-corrected chi connectivity index (χ0v) is 10.2. The molecule has 0 saturated heterocycles. The zero-order valence-electron chi connectivity index (χ0n) is 9.40. The molecule has 2 rings (SSSR count). The van der Waals surface area contributed by atoms with Gasteiger partial charge >= 0.3 is 0 Å². The fourth-order valence-corrected chi connectivity index (χ4v) is 1.42. The van der Waals surface area contributed by atoms with Gasteiger partial charge < -0.3 is 10.3 Å². The van der Waals surface area contributed by atoms with Gasteiger partial charge in [0.15, 0.2) is 16.4 Å². The Balaban J connectivity index is 2.22. The van der Waals surface area contributed by atoms with Crippen molar-refractivity contribution in [1.82, 2.24) is 15.2 Å². The van der Waals surface area contributed by atoms with Crippen LogP contribution >= 0.6 is 11.6 Å². The lowest BCUT2D eigenvalue weighted by molar-refractivity contribution is 0.102. The lowest BCUT2D eigenvalue weighted by atomic mass is 10.2. The number of halogens is 1. The van der Waals surface area contributed by atoms with Crippen molar-refractivity contribution in [3.8, 4) is 0 Å². The van der Waals surface area contributed by atoms with E-state index in [1.807, 2.05) is 0 Å². The van der Waals surface area contributed by atoms with E-state index in [1.165, 1.54) is 24.4 Å². The van der Waals surface area contributed by atoms with Crippen molar-refractivity contribution in [3.63, 3.8) is 0 Å². The molecular formula is C11H9ClN4O2. The molecule has 0 fully saturated rings. The average Bonchev–Trinajstić information content (AvgIpc) is 2.32. The normalized spacial score (nSPS) is 10.1. The van der Waals surface area contributed by atoms with Crippen molar-refractivity contribution in [2.45, 2.75) is 6.92 Å². The summed E-state index contributed by atoms with van der Waals surface area (Å²) in [6, 6.07) is 4.33. The Morgan fingerprint density at radius 3 is 2.78 bits per heavy atom. The van der Waals surface area contributed by atoms with Gasteiger partial charge in [-0.2, -0.15) is 0 Å². The molecule has 6 nitrogen and oxygen atoms in total. The SMILES string of the molecule is Cc1cc(=O)c(C(=O)Nc2ccc(Cl)nn2)c[nH]1. The third kappa shape index (κ3) is 2.72. The van der Waals surface area contributed by atoms with Crippen molar-refractivity contribution in [2.24, 2.45) is 0 Å².